The Morgan fingerprint density at radius 1 is 0.895 bits per heavy atom. The summed E-state index contributed by atoms with van der Waals surface area (Å²) in [6, 6.07) is 23.1. The van der Waals surface area contributed by atoms with Crippen LogP contribution in [-0.2, 0) is 32.6 Å². The Bertz CT molecular complexity index is 1350. The zero-order valence-corrected chi connectivity index (χ0v) is 24.5. The van der Waals surface area contributed by atoms with E-state index < -0.39 is 28.5 Å². The smallest absolute Gasteiger partial charge is 0.244 e. The fourth-order valence-electron chi connectivity index (χ4n) is 4.07. The highest BCUT2D eigenvalue weighted by Crippen LogP contribution is 2.28. The number of carbonyl (C=O) groups is 2. The Labute approximate surface area is 234 Å². The Kier molecular flexibility index (Phi) is 10.1. The van der Waals surface area contributed by atoms with Crippen LogP contribution in [0.4, 0.5) is 5.69 Å². The number of benzene rings is 3. The van der Waals surface area contributed by atoms with E-state index in [-0.39, 0.29) is 24.9 Å². The van der Waals surface area contributed by atoms with Gasteiger partial charge < -0.3 is 10.2 Å². The molecule has 2 amide bonds. The molecule has 3 aromatic carbocycles. The van der Waals surface area contributed by atoms with Gasteiger partial charge in [0.2, 0.25) is 21.8 Å². The summed E-state index contributed by atoms with van der Waals surface area (Å²) in [5.74, 6) is -0.775. The molecule has 0 saturated carbocycles. The predicted octanol–water partition coefficient (Wildman–Crippen LogP) is 4.69. The van der Waals surface area contributed by atoms with Crippen LogP contribution >= 0.6 is 15.9 Å². The van der Waals surface area contributed by atoms with Gasteiger partial charge in [-0.15, -0.1) is 0 Å². The van der Waals surface area contributed by atoms with Gasteiger partial charge in [0.25, 0.3) is 0 Å². The molecule has 0 bridgehead atoms. The number of hydrogen-bond donors (Lipinski definition) is 1. The van der Waals surface area contributed by atoms with Gasteiger partial charge in [-0.25, -0.2) is 8.42 Å². The van der Waals surface area contributed by atoms with Crippen molar-refractivity contribution in [2.24, 2.45) is 0 Å². The van der Waals surface area contributed by atoms with E-state index in [0.29, 0.717) is 10.2 Å². The van der Waals surface area contributed by atoms with Crippen molar-refractivity contribution in [2.75, 3.05) is 17.1 Å². The number of nitrogens with zero attached hydrogens (tertiary/aromatic N) is 2. The number of amides is 2. The second-order valence-electron chi connectivity index (χ2n) is 9.60. The third-order valence-corrected chi connectivity index (χ3v) is 7.77. The first-order valence-electron chi connectivity index (χ1n) is 12.4. The highest BCUT2D eigenvalue weighted by molar-refractivity contribution is 9.10. The third-order valence-electron chi connectivity index (χ3n) is 5.98. The molecule has 3 aromatic rings. The van der Waals surface area contributed by atoms with Gasteiger partial charge in [0.1, 0.15) is 12.6 Å². The third kappa shape index (κ3) is 8.16. The number of sulfonamides is 1. The molecule has 3 rings (SSSR count). The number of hydrogen-bond acceptors (Lipinski definition) is 4. The fourth-order valence-corrected chi connectivity index (χ4v) is 5.55. The van der Waals surface area contributed by atoms with Crippen LogP contribution in [-0.4, -0.2) is 50.0 Å². The van der Waals surface area contributed by atoms with Crippen LogP contribution in [0.3, 0.4) is 0 Å². The molecule has 0 saturated heterocycles. The van der Waals surface area contributed by atoms with E-state index in [1.165, 1.54) is 4.90 Å². The minimum atomic E-state index is -3.82. The van der Waals surface area contributed by atoms with E-state index in [2.05, 4.69) is 21.2 Å². The van der Waals surface area contributed by atoms with E-state index in [0.717, 1.165) is 27.3 Å². The van der Waals surface area contributed by atoms with Gasteiger partial charge in [-0.05, 0) is 60.0 Å². The SMILES string of the molecule is Cc1ccc(CN(C(=O)CN(c2ccccc2Br)S(C)(=O)=O)[C@H](Cc2ccccc2)C(=O)NC(C)C)cc1. The van der Waals surface area contributed by atoms with Gasteiger partial charge in [-0.1, -0.05) is 72.3 Å². The van der Waals surface area contributed by atoms with Crippen molar-refractivity contribution in [3.63, 3.8) is 0 Å². The van der Waals surface area contributed by atoms with E-state index in [1.807, 2.05) is 75.4 Å². The number of rotatable bonds is 11. The van der Waals surface area contributed by atoms with E-state index in [4.69, 9.17) is 0 Å². The lowest BCUT2D eigenvalue weighted by atomic mass is 10.0. The molecule has 0 radical (unpaired) electrons. The lowest BCUT2D eigenvalue weighted by molar-refractivity contribution is -0.140. The van der Waals surface area contributed by atoms with Gasteiger partial charge in [-0.3, -0.25) is 13.9 Å². The van der Waals surface area contributed by atoms with Gasteiger partial charge in [0.05, 0.1) is 11.9 Å². The van der Waals surface area contributed by atoms with Crippen LogP contribution in [0.1, 0.15) is 30.5 Å². The zero-order valence-electron chi connectivity index (χ0n) is 22.1. The van der Waals surface area contributed by atoms with Crippen LogP contribution in [0.15, 0.2) is 83.3 Å². The maximum Gasteiger partial charge on any atom is 0.244 e. The summed E-state index contributed by atoms with van der Waals surface area (Å²) in [5.41, 5.74) is 3.15. The van der Waals surface area contributed by atoms with Gasteiger partial charge >= 0.3 is 0 Å². The largest absolute Gasteiger partial charge is 0.352 e. The highest BCUT2D eigenvalue weighted by Gasteiger charge is 2.33. The van der Waals surface area contributed by atoms with Crippen molar-refractivity contribution >= 4 is 43.5 Å². The van der Waals surface area contributed by atoms with E-state index >= 15 is 0 Å². The monoisotopic (exact) mass is 599 g/mol. The fraction of sp³-hybridized carbons (Fsp3) is 0.310. The summed E-state index contributed by atoms with van der Waals surface area (Å²) in [6.45, 7) is 5.40. The van der Waals surface area contributed by atoms with Crippen molar-refractivity contribution in [3.05, 3.63) is 100 Å². The standard InChI is InChI=1S/C29H34BrN3O4S/c1-21(2)31-29(35)27(18-23-10-6-5-7-11-23)32(19-24-16-14-22(3)15-17-24)28(34)20-33(38(4,36)37)26-13-9-8-12-25(26)30/h5-17,21,27H,18-20H2,1-4H3,(H,31,35)/t27-/m1/s1. The Morgan fingerprint density at radius 2 is 1.50 bits per heavy atom. The molecule has 0 spiro atoms. The normalized spacial score (nSPS) is 12.2. The van der Waals surface area contributed by atoms with Gasteiger partial charge in [0.15, 0.2) is 0 Å². The van der Waals surface area contributed by atoms with Gasteiger partial charge in [-0.2, -0.15) is 0 Å². The van der Waals surface area contributed by atoms with Crippen LogP contribution in [0.25, 0.3) is 0 Å². The number of nitrogens with one attached hydrogen (secondary N) is 1. The molecule has 0 aliphatic heterocycles. The molecular formula is C29H34BrN3O4S. The summed E-state index contributed by atoms with van der Waals surface area (Å²) in [5, 5.41) is 2.95. The average molecular weight is 601 g/mol. The lowest BCUT2D eigenvalue weighted by Gasteiger charge is -2.34. The first-order valence-corrected chi connectivity index (χ1v) is 15.0. The summed E-state index contributed by atoms with van der Waals surface area (Å²) in [4.78, 5) is 29.0. The molecule has 9 heteroatoms. The molecule has 1 atom stereocenters. The van der Waals surface area contributed by atoms with Crippen LogP contribution in [0.5, 0.6) is 0 Å². The topological polar surface area (TPSA) is 86.8 Å². The predicted molar refractivity (Wildman–Crippen MR) is 155 cm³/mol. The number of anilines is 1. The van der Waals surface area contributed by atoms with Crippen LogP contribution in [0, 0.1) is 6.92 Å². The van der Waals surface area contributed by atoms with E-state index in [1.54, 1.807) is 24.3 Å². The van der Waals surface area contributed by atoms with Crippen molar-refractivity contribution in [3.8, 4) is 0 Å². The molecule has 0 aliphatic carbocycles. The first kappa shape index (κ1) is 29.4. The molecule has 0 heterocycles. The zero-order chi connectivity index (χ0) is 27.9. The lowest BCUT2D eigenvalue weighted by Crippen LogP contribution is -2.54. The van der Waals surface area contributed by atoms with Crippen molar-refractivity contribution in [1.82, 2.24) is 10.2 Å². The Balaban J connectivity index is 2.06. The number of para-hydroxylation sites is 1. The van der Waals surface area contributed by atoms with Crippen molar-refractivity contribution in [1.29, 1.82) is 0 Å². The Hall–Kier alpha value is -3.17. The van der Waals surface area contributed by atoms with Crippen LogP contribution < -0.4 is 9.62 Å². The highest BCUT2D eigenvalue weighted by atomic mass is 79.9. The molecule has 7 nitrogen and oxygen atoms in total. The minimum Gasteiger partial charge on any atom is -0.352 e. The molecule has 0 aromatic heterocycles. The molecule has 1 N–H and O–H groups in total. The molecule has 38 heavy (non-hydrogen) atoms. The first-order chi connectivity index (χ1) is 18.0. The quantitative estimate of drug-likeness (QED) is 0.346. The summed E-state index contributed by atoms with van der Waals surface area (Å²) in [7, 11) is -3.82. The van der Waals surface area contributed by atoms with Crippen LogP contribution in [0.2, 0.25) is 0 Å². The number of halogens is 1. The maximum atomic E-state index is 14.0. The summed E-state index contributed by atoms with van der Waals surface area (Å²) in [6.07, 6.45) is 1.35. The van der Waals surface area contributed by atoms with Crippen molar-refractivity contribution in [2.45, 2.75) is 45.8 Å². The summed E-state index contributed by atoms with van der Waals surface area (Å²) >= 11 is 3.41. The molecule has 0 aliphatic rings. The van der Waals surface area contributed by atoms with E-state index in [9.17, 15) is 18.0 Å². The number of carbonyl (C=O) groups excluding carboxylic acids is 2. The summed E-state index contributed by atoms with van der Waals surface area (Å²) < 4.78 is 27.3. The average Bonchev–Trinajstić information content (AvgIpc) is 2.85. The Morgan fingerprint density at radius 3 is 2.08 bits per heavy atom. The second kappa shape index (κ2) is 13.1. The van der Waals surface area contributed by atoms with Gasteiger partial charge in [0, 0.05) is 23.5 Å². The molecule has 202 valence electrons. The minimum absolute atomic E-state index is 0.134. The maximum absolute atomic E-state index is 14.0. The van der Waals surface area contributed by atoms with Crippen molar-refractivity contribution < 1.29 is 18.0 Å². The molecular weight excluding hydrogens is 566 g/mol. The number of aryl methyl sites for hydroxylation is 1. The second-order valence-corrected chi connectivity index (χ2v) is 12.4. The molecule has 0 fully saturated rings. The molecule has 0 unspecified atom stereocenters.